The third-order valence-corrected chi connectivity index (χ3v) is 6.29. The van der Waals surface area contributed by atoms with E-state index in [1.165, 1.54) is 17.0 Å². The quantitative estimate of drug-likeness (QED) is 0.146. The molecule has 0 unspecified atom stereocenters. The molecule has 1 amide bonds. The van der Waals surface area contributed by atoms with Crippen LogP contribution in [0.25, 0.3) is 22.0 Å². The van der Waals surface area contributed by atoms with Crippen LogP contribution in [0.5, 0.6) is 5.75 Å². The van der Waals surface area contributed by atoms with Gasteiger partial charge in [0.25, 0.3) is 0 Å². The first-order valence-electron chi connectivity index (χ1n) is 12.8. The lowest BCUT2D eigenvalue weighted by molar-refractivity contribution is -0.123. The average molecular weight is 531 g/mol. The predicted octanol–water partition coefficient (Wildman–Crippen LogP) is 5.82. The van der Waals surface area contributed by atoms with Crippen LogP contribution in [0, 0.1) is 11.8 Å². The monoisotopic (exact) mass is 530 g/mol. The third kappa shape index (κ3) is 6.78. The maximum Gasteiger partial charge on any atom is 0.245 e. The number of halogens is 2. The fraction of sp³-hybridized carbons (Fsp3) is 0.226. The zero-order valence-corrected chi connectivity index (χ0v) is 22.3. The van der Waals surface area contributed by atoms with Crippen LogP contribution in [0.4, 0.5) is 8.78 Å². The van der Waals surface area contributed by atoms with Crippen LogP contribution in [-0.4, -0.2) is 54.8 Å². The Kier molecular flexibility index (Phi) is 9.22. The summed E-state index contributed by atoms with van der Waals surface area (Å²) in [7, 11) is 3.41. The molecule has 4 rings (SSSR count). The largest absolute Gasteiger partial charge is 0.492 e. The average Bonchev–Trinajstić information content (AvgIpc) is 3.32. The molecule has 202 valence electrons. The van der Waals surface area contributed by atoms with E-state index >= 15 is 0 Å². The Balaban J connectivity index is 1.56. The Hall–Kier alpha value is -4.30. The van der Waals surface area contributed by atoms with E-state index in [0.717, 1.165) is 22.3 Å². The van der Waals surface area contributed by atoms with Gasteiger partial charge >= 0.3 is 0 Å². The summed E-state index contributed by atoms with van der Waals surface area (Å²) in [5.41, 5.74) is 4.25. The molecule has 0 fully saturated rings. The molecule has 0 saturated heterocycles. The lowest BCUT2D eigenvalue weighted by atomic mass is 9.87. The van der Waals surface area contributed by atoms with Gasteiger partial charge in [0.05, 0.1) is 5.39 Å². The molecule has 1 heterocycles. The first-order chi connectivity index (χ1) is 18.9. The topological polar surface area (TPSA) is 70.2 Å². The van der Waals surface area contributed by atoms with Crippen LogP contribution in [0.1, 0.15) is 30.0 Å². The number of carbonyl (C=O) groups excluding carboxylic acids is 1. The fourth-order valence-electron chi connectivity index (χ4n) is 4.32. The first-order valence-corrected chi connectivity index (χ1v) is 12.8. The van der Waals surface area contributed by atoms with Gasteiger partial charge in [-0.15, -0.1) is 0 Å². The highest BCUT2D eigenvalue weighted by atomic mass is 19.1. The number of aromatic nitrogens is 2. The SMILES string of the molecule is CC/C(=C(/c1ccc(OCCNC/C=C/C(=O)N(C)C)cc1)c1cc(F)c2n[nH]c(F)c2c1)c1ccccc1. The minimum atomic E-state index is -0.667. The van der Waals surface area contributed by atoms with Gasteiger partial charge in [0.1, 0.15) is 17.9 Å². The molecule has 0 aliphatic heterocycles. The number of amides is 1. The molecule has 3 aromatic carbocycles. The van der Waals surface area contributed by atoms with Crippen LogP contribution in [0.15, 0.2) is 78.9 Å². The summed E-state index contributed by atoms with van der Waals surface area (Å²) in [6.45, 7) is 3.67. The van der Waals surface area contributed by atoms with E-state index in [-0.39, 0.29) is 16.8 Å². The van der Waals surface area contributed by atoms with Crippen molar-refractivity contribution in [1.82, 2.24) is 20.4 Å². The number of nitrogens with zero attached hydrogens (tertiary/aromatic N) is 2. The fourth-order valence-corrected chi connectivity index (χ4v) is 4.32. The number of allylic oxidation sites excluding steroid dienone is 1. The number of fused-ring (bicyclic) bond motifs is 1. The minimum Gasteiger partial charge on any atom is -0.492 e. The first kappa shape index (κ1) is 27.7. The number of hydrogen-bond acceptors (Lipinski definition) is 4. The number of hydrogen-bond donors (Lipinski definition) is 2. The van der Waals surface area contributed by atoms with E-state index in [4.69, 9.17) is 4.74 Å². The van der Waals surface area contributed by atoms with Gasteiger partial charge in [-0.05, 0) is 58.5 Å². The van der Waals surface area contributed by atoms with Crippen molar-refractivity contribution < 1.29 is 18.3 Å². The Morgan fingerprint density at radius 3 is 2.46 bits per heavy atom. The van der Waals surface area contributed by atoms with Gasteiger partial charge in [0, 0.05) is 33.3 Å². The highest BCUT2D eigenvalue weighted by Crippen LogP contribution is 2.37. The molecule has 4 aromatic rings. The van der Waals surface area contributed by atoms with Gasteiger partial charge in [0.2, 0.25) is 11.9 Å². The number of carbonyl (C=O) groups is 1. The van der Waals surface area contributed by atoms with Crippen molar-refractivity contribution in [2.45, 2.75) is 13.3 Å². The number of ether oxygens (including phenoxy) is 1. The molecular formula is C31H32F2N4O2. The van der Waals surface area contributed by atoms with Gasteiger partial charge in [-0.1, -0.05) is 55.5 Å². The summed E-state index contributed by atoms with van der Waals surface area (Å²) < 4.78 is 35.2. The van der Waals surface area contributed by atoms with E-state index in [0.29, 0.717) is 37.4 Å². The van der Waals surface area contributed by atoms with Crippen molar-refractivity contribution in [3.05, 3.63) is 107 Å². The number of rotatable bonds is 11. The van der Waals surface area contributed by atoms with Crippen molar-refractivity contribution in [2.24, 2.45) is 0 Å². The molecule has 0 spiro atoms. The van der Waals surface area contributed by atoms with Gasteiger partial charge in [-0.2, -0.15) is 9.49 Å². The van der Waals surface area contributed by atoms with E-state index in [2.05, 4.69) is 15.5 Å². The molecule has 0 atom stereocenters. The van der Waals surface area contributed by atoms with E-state index in [1.807, 2.05) is 61.5 Å². The predicted molar refractivity (Wildman–Crippen MR) is 151 cm³/mol. The summed E-state index contributed by atoms with van der Waals surface area (Å²) in [5, 5.41) is 9.31. The van der Waals surface area contributed by atoms with Crippen LogP contribution in [0.2, 0.25) is 0 Å². The molecule has 1 aromatic heterocycles. The number of nitrogens with one attached hydrogen (secondary N) is 2. The highest BCUT2D eigenvalue weighted by molar-refractivity contribution is 6.00. The number of aromatic amines is 1. The van der Waals surface area contributed by atoms with Gasteiger partial charge in [0.15, 0.2) is 5.82 Å². The summed E-state index contributed by atoms with van der Waals surface area (Å²) in [6.07, 6.45) is 3.99. The molecule has 8 heteroatoms. The lowest BCUT2D eigenvalue weighted by Gasteiger charge is -2.17. The van der Waals surface area contributed by atoms with Crippen molar-refractivity contribution in [2.75, 3.05) is 33.8 Å². The van der Waals surface area contributed by atoms with E-state index in [1.54, 1.807) is 26.2 Å². The summed E-state index contributed by atoms with van der Waals surface area (Å²) >= 11 is 0. The van der Waals surface area contributed by atoms with E-state index < -0.39 is 11.8 Å². The standard InChI is InChI=1S/C31H32F2N4O2/c1-4-25(21-9-6-5-7-10-21)29(23-19-26-30(27(32)20-23)35-36-31(26)33)22-12-14-24(15-13-22)39-18-17-34-16-8-11-28(38)37(2)3/h5-15,19-20,34H,4,16-18H2,1-3H3,(H,35,36)/b11-8+,29-25+. The summed E-state index contributed by atoms with van der Waals surface area (Å²) in [5.74, 6) is -0.617. The molecule has 39 heavy (non-hydrogen) atoms. The molecule has 0 aliphatic carbocycles. The second-order valence-corrected chi connectivity index (χ2v) is 9.18. The smallest absolute Gasteiger partial charge is 0.245 e. The maximum absolute atomic E-state index is 15.0. The van der Waals surface area contributed by atoms with Gasteiger partial charge in [-0.25, -0.2) is 4.39 Å². The third-order valence-electron chi connectivity index (χ3n) is 6.29. The number of H-pyrrole nitrogens is 1. The summed E-state index contributed by atoms with van der Waals surface area (Å²) in [6, 6.07) is 20.6. The Labute approximate surface area is 227 Å². The maximum atomic E-state index is 15.0. The van der Waals surface area contributed by atoms with Crippen molar-refractivity contribution in [1.29, 1.82) is 0 Å². The second kappa shape index (κ2) is 13.0. The Morgan fingerprint density at radius 2 is 1.77 bits per heavy atom. The van der Waals surface area contributed by atoms with Gasteiger partial charge < -0.3 is 15.0 Å². The van der Waals surface area contributed by atoms with E-state index in [9.17, 15) is 13.6 Å². The van der Waals surface area contributed by atoms with Crippen molar-refractivity contribution in [3.63, 3.8) is 0 Å². The minimum absolute atomic E-state index is 0.0227. The van der Waals surface area contributed by atoms with Crippen LogP contribution in [0.3, 0.4) is 0 Å². The molecular weight excluding hydrogens is 498 g/mol. The number of benzene rings is 3. The molecule has 0 bridgehead atoms. The zero-order valence-electron chi connectivity index (χ0n) is 22.3. The molecule has 0 aliphatic rings. The van der Waals surface area contributed by atoms with Crippen molar-refractivity contribution in [3.8, 4) is 5.75 Å². The molecule has 2 N–H and O–H groups in total. The lowest BCUT2D eigenvalue weighted by Crippen LogP contribution is -2.22. The van der Waals surface area contributed by atoms with Crippen LogP contribution >= 0.6 is 0 Å². The van der Waals surface area contributed by atoms with Crippen molar-refractivity contribution >= 4 is 28.0 Å². The zero-order chi connectivity index (χ0) is 27.8. The normalized spacial score (nSPS) is 12.1. The van der Waals surface area contributed by atoms with Crippen LogP contribution < -0.4 is 10.1 Å². The highest BCUT2D eigenvalue weighted by Gasteiger charge is 2.18. The van der Waals surface area contributed by atoms with Crippen LogP contribution in [-0.2, 0) is 4.79 Å². The molecule has 6 nitrogen and oxygen atoms in total. The summed E-state index contributed by atoms with van der Waals surface area (Å²) in [4.78, 5) is 13.1. The Morgan fingerprint density at radius 1 is 1.03 bits per heavy atom. The number of likely N-dealkylation sites (N-methyl/N-ethyl adjacent to an activating group) is 1. The second-order valence-electron chi connectivity index (χ2n) is 9.18. The molecule has 0 saturated carbocycles. The Bertz CT molecular complexity index is 1480. The van der Waals surface area contributed by atoms with Gasteiger partial charge in [-0.3, -0.25) is 9.89 Å². The molecule has 0 radical (unpaired) electrons.